The van der Waals surface area contributed by atoms with Crippen molar-refractivity contribution in [3.63, 3.8) is 0 Å². The number of H-pyrrole nitrogens is 1. The molecule has 1 aliphatic rings. The average Bonchev–Trinajstić information content (AvgIpc) is 3.38. The van der Waals surface area contributed by atoms with Gasteiger partial charge in [-0.15, -0.1) is 0 Å². The number of carboxylic acid groups (broad SMARTS) is 1. The molecule has 1 aliphatic heterocycles. The molecule has 3 aromatic rings. The number of fused-ring (bicyclic) bond motifs is 1. The predicted octanol–water partition coefficient (Wildman–Crippen LogP) is 3.15. The van der Waals surface area contributed by atoms with Gasteiger partial charge in [0, 0.05) is 43.2 Å². The summed E-state index contributed by atoms with van der Waals surface area (Å²) in [4.78, 5) is 58.0. The molecule has 224 valence electrons. The zero-order valence-corrected chi connectivity index (χ0v) is 24.6. The van der Waals surface area contributed by atoms with E-state index in [9.17, 15) is 24.3 Å². The first kappa shape index (κ1) is 30.8. The molecule has 0 saturated carbocycles. The zero-order valence-electron chi connectivity index (χ0n) is 24.6. The number of carbonyl (C=O) groups excluding carboxylic acids is 3. The normalized spacial score (nSPS) is 17.2. The molecule has 1 fully saturated rings. The minimum atomic E-state index is -1.72. The van der Waals surface area contributed by atoms with Gasteiger partial charge in [-0.05, 0) is 57.7 Å². The van der Waals surface area contributed by atoms with Crippen molar-refractivity contribution in [2.75, 3.05) is 19.6 Å². The second-order valence-electron chi connectivity index (χ2n) is 12.2. The first-order chi connectivity index (χ1) is 19.8. The number of nitrogens with zero attached hydrogens (tertiary/aromatic N) is 1. The molecule has 2 amide bonds. The maximum atomic E-state index is 14.0. The first-order valence-corrected chi connectivity index (χ1v) is 14.2. The molecule has 0 unspecified atom stereocenters. The van der Waals surface area contributed by atoms with E-state index < -0.39 is 40.3 Å². The lowest BCUT2D eigenvalue weighted by atomic mass is 9.72. The molecule has 2 aromatic carbocycles. The van der Waals surface area contributed by atoms with Crippen molar-refractivity contribution in [1.82, 2.24) is 15.2 Å². The predicted molar refractivity (Wildman–Crippen MR) is 159 cm³/mol. The highest BCUT2D eigenvalue weighted by molar-refractivity contribution is 6.04. The summed E-state index contributed by atoms with van der Waals surface area (Å²) in [5.41, 5.74) is 4.66. The standard InChI is InChI=1S/C32H40N4O6/c1-30(2,3)42-29(41)31(4,20-33)27(38)35-25(18-21-19-34-24-13-9-8-12-23(21)24)26(37)36-16-14-32(15-17-36,28(39)40)22-10-6-5-7-11-22/h5-13,19,25,34H,14-18,20,33H2,1-4H3,(H,35,38)(H,39,40)/t25-,31-/m1/s1. The van der Waals surface area contributed by atoms with E-state index in [4.69, 9.17) is 10.5 Å². The largest absolute Gasteiger partial charge is 0.481 e. The number of rotatable bonds is 9. The maximum absolute atomic E-state index is 14.0. The summed E-state index contributed by atoms with van der Waals surface area (Å²) in [7, 11) is 0. The number of piperidine rings is 1. The highest BCUT2D eigenvalue weighted by Crippen LogP contribution is 2.36. The van der Waals surface area contributed by atoms with E-state index in [0.717, 1.165) is 16.5 Å². The van der Waals surface area contributed by atoms with Crippen molar-refractivity contribution < 1.29 is 29.0 Å². The number of benzene rings is 2. The van der Waals surface area contributed by atoms with Crippen LogP contribution in [0.4, 0.5) is 0 Å². The van der Waals surface area contributed by atoms with Crippen LogP contribution in [-0.2, 0) is 35.8 Å². The molecular formula is C32H40N4O6. The summed E-state index contributed by atoms with van der Waals surface area (Å²) in [6, 6.07) is 15.7. The molecule has 2 atom stereocenters. The van der Waals surface area contributed by atoms with Crippen molar-refractivity contribution in [3.05, 3.63) is 71.9 Å². The second kappa shape index (κ2) is 12.0. The van der Waals surface area contributed by atoms with Gasteiger partial charge in [0.25, 0.3) is 0 Å². The SMILES string of the molecule is CC(C)(C)OC(=O)[C@](C)(CN)C(=O)N[C@H](Cc1c[nH]c2ccccc12)C(=O)N1CCC(C(=O)O)(c2ccccc2)CC1. The zero-order chi connectivity index (χ0) is 30.7. The van der Waals surface area contributed by atoms with E-state index in [1.165, 1.54) is 6.92 Å². The summed E-state index contributed by atoms with van der Waals surface area (Å²) < 4.78 is 5.49. The highest BCUT2D eigenvalue weighted by Gasteiger charge is 2.47. The van der Waals surface area contributed by atoms with Crippen LogP contribution < -0.4 is 11.1 Å². The number of nitrogens with one attached hydrogen (secondary N) is 2. The number of nitrogens with two attached hydrogens (primary N) is 1. The van der Waals surface area contributed by atoms with Gasteiger partial charge in [-0.1, -0.05) is 48.5 Å². The van der Waals surface area contributed by atoms with Gasteiger partial charge in [0.05, 0.1) is 5.41 Å². The summed E-state index contributed by atoms with van der Waals surface area (Å²) in [5, 5.41) is 13.9. The molecule has 0 bridgehead atoms. The average molecular weight is 577 g/mol. The van der Waals surface area contributed by atoms with E-state index >= 15 is 0 Å². The fraction of sp³-hybridized carbons (Fsp3) is 0.438. The Hall–Kier alpha value is -4.18. The van der Waals surface area contributed by atoms with Crippen molar-refractivity contribution in [3.8, 4) is 0 Å². The molecule has 0 spiro atoms. The van der Waals surface area contributed by atoms with E-state index in [0.29, 0.717) is 5.56 Å². The van der Waals surface area contributed by atoms with E-state index in [2.05, 4.69) is 10.3 Å². The minimum absolute atomic E-state index is 0.156. The molecule has 1 aromatic heterocycles. The number of amides is 2. The Kier molecular flexibility index (Phi) is 8.77. The number of aromatic amines is 1. The lowest BCUT2D eigenvalue weighted by Crippen LogP contribution is -2.59. The van der Waals surface area contributed by atoms with Gasteiger partial charge in [0.2, 0.25) is 11.8 Å². The Morgan fingerprint density at radius 3 is 2.24 bits per heavy atom. The number of carbonyl (C=O) groups is 4. The molecule has 42 heavy (non-hydrogen) atoms. The van der Waals surface area contributed by atoms with Crippen LogP contribution in [-0.4, -0.2) is 70.0 Å². The van der Waals surface area contributed by atoms with Crippen molar-refractivity contribution in [2.45, 2.75) is 64.0 Å². The summed E-state index contributed by atoms with van der Waals surface area (Å²) in [6.07, 6.45) is 2.41. The molecule has 10 nitrogen and oxygen atoms in total. The highest BCUT2D eigenvalue weighted by atomic mass is 16.6. The summed E-state index contributed by atoms with van der Waals surface area (Å²) >= 11 is 0. The molecular weight excluding hydrogens is 536 g/mol. The number of aliphatic carboxylic acids is 1. The summed E-state index contributed by atoms with van der Waals surface area (Å²) in [5.74, 6) is -2.77. The Bertz CT molecular complexity index is 1450. The lowest BCUT2D eigenvalue weighted by Gasteiger charge is -2.40. The molecule has 0 radical (unpaired) electrons. The van der Waals surface area contributed by atoms with Crippen LogP contribution in [0.25, 0.3) is 10.9 Å². The van der Waals surface area contributed by atoms with Crippen LogP contribution in [0.1, 0.15) is 51.7 Å². The van der Waals surface area contributed by atoms with Gasteiger partial charge >= 0.3 is 11.9 Å². The smallest absolute Gasteiger partial charge is 0.323 e. The second-order valence-corrected chi connectivity index (χ2v) is 12.2. The number of likely N-dealkylation sites (tertiary alicyclic amines) is 1. The van der Waals surface area contributed by atoms with Crippen LogP contribution in [0.5, 0.6) is 0 Å². The number of hydrogen-bond donors (Lipinski definition) is 4. The first-order valence-electron chi connectivity index (χ1n) is 14.2. The van der Waals surface area contributed by atoms with Gasteiger partial charge in [-0.2, -0.15) is 0 Å². The number of aromatic nitrogens is 1. The number of carboxylic acids is 1. The van der Waals surface area contributed by atoms with Gasteiger partial charge < -0.3 is 30.8 Å². The van der Waals surface area contributed by atoms with Crippen LogP contribution in [0.3, 0.4) is 0 Å². The molecule has 4 rings (SSSR count). The third-order valence-corrected chi connectivity index (χ3v) is 8.13. The van der Waals surface area contributed by atoms with Crippen molar-refractivity contribution in [2.24, 2.45) is 11.1 Å². The van der Waals surface area contributed by atoms with E-state index in [-0.39, 0.29) is 44.8 Å². The van der Waals surface area contributed by atoms with Crippen molar-refractivity contribution >= 4 is 34.7 Å². The molecule has 0 aliphatic carbocycles. The van der Waals surface area contributed by atoms with Crippen molar-refractivity contribution in [1.29, 1.82) is 0 Å². The van der Waals surface area contributed by atoms with Gasteiger partial charge in [-0.3, -0.25) is 19.2 Å². The molecule has 5 N–H and O–H groups in total. The minimum Gasteiger partial charge on any atom is -0.481 e. The maximum Gasteiger partial charge on any atom is 0.323 e. The summed E-state index contributed by atoms with van der Waals surface area (Å²) in [6.45, 7) is 6.58. The Balaban J connectivity index is 1.61. The Morgan fingerprint density at radius 1 is 1.02 bits per heavy atom. The number of ether oxygens (including phenoxy) is 1. The monoisotopic (exact) mass is 576 g/mol. The van der Waals surface area contributed by atoms with Gasteiger partial charge in [0.15, 0.2) is 5.41 Å². The third-order valence-electron chi connectivity index (χ3n) is 8.13. The van der Waals surface area contributed by atoms with Crippen LogP contribution in [0.2, 0.25) is 0 Å². The number of para-hydroxylation sites is 1. The third kappa shape index (κ3) is 6.18. The van der Waals surface area contributed by atoms with E-state index in [1.807, 2.05) is 42.5 Å². The Morgan fingerprint density at radius 2 is 1.64 bits per heavy atom. The topological polar surface area (TPSA) is 155 Å². The lowest BCUT2D eigenvalue weighted by molar-refractivity contribution is -0.170. The van der Waals surface area contributed by atoms with Crippen LogP contribution in [0, 0.1) is 5.41 Å². The quantitative estimate of drug-likeness (QED) is 0.225. The van der Waals surface area contributed by atoms with E-state index in [1.54, 1.807) is 44.0 Å². The fourth-order valence-corrected chi connectivity index (χ4v) is 5.41. The van der Waals surface area contributed by atoms with Gasteiger partial charge in [0.1, 0.15) is 11.6 Å². The van der Waals surface area contributed by atoms with Crippen LogP contribution >= 0.6 is 0 Å². The number of hydrogen-bond acceptors (Lipinski definition) is 6. The molecule has 1 saturated heterocycles. The van der Waals surface area contributed by atoms with Gasteiger partial charge in [-0.25, -0.2) is 0 Å². The fourth-order valence-electron chi connectivity index (χ4n) is 5.41. The molecule has 2 heterocycles. The van der Waals surface area contributed by atoms with Crippen LogP contribution in [0.15, 0.2) is 60.8 Å². The Labute approximate surface area is 245 Å². The number of esters is 1. The molecule has 10 heteroatoms.